The SMILES string of the molecule is O=C(CS(=O)(=O)C1CCCC1)N1CCN(C(=O)[C@@H]2C[C@H]2c2ccccc2)CC1. The maximum atomic E-state index is 12.7. The van der Waals surface area contributed by atoms with Crippen LogP contribution in [0.4, 0.5) is 0 Å². The monoisotopic (exact) mass is 404 g/mol. The number of carbonyl (C=O) groups excluding carboxylic acids is 2. The lowest BCUT2D eigenvalue weighted by Gasteiger charge is -2.35. The highest BCUT2D eigenvalue weighted by Gasteiger charge is 2.46. The molecule has 1 aromatic rings. The Morgan fingerprint density at radius 2 is 1.54 bits per heavy atom. The van der Waals surface area contributed by atoms with Crippen molar-refractivity contribution in [3.05, 3.63) is 35.9 Å². The molecule has 1 heterocycles. The lowest BCUT2D eigenvalue weighted by Crippen LogP contribution is -2.52. The summed E-state index contributed by atoms with van der Waals surface area (Å²) < 4.78 is 24.8. The molecule has 0 unspecified atom stereocenters. The average molecular weight is 405 g/mol. The van der Waals surface area contributed by atoms with Crippen LogP contribution in [0.3, 0.4) is 0 Å². The molecule has 28 heavy (non-hydrogen) atoms. The minimum Gasteiger partial charge on any atom is -0.339 e. The number of amides is 2. The molecular weight excluding hydrogens is 376 g/mol. The van der Waals surface area contributed by atoms with Crippen molar-refractivity contribution < 1.29 is 18.0 Å². The van der Waals surface area contributed by atoms with Gasteiger partial charge in [-0.05, 0) is 30.7 Å². The van der Waals surface area contributed by atoms with Crippen LogP contribution in [0.1, 0.15) is 43.6 Å². The Morgan fingerprint density at radius 3 is 2.18 bits per heavy atom. The number of hydrogen-bond donors (Lipinski definition) is 0. The number of rotatable bonds is 5. The highest BCUT2D eigenvalue weighted by Crippen LogP contribution is 2.48. The van der Waals surface area contributed by atoms with Gasteiger partial charge in [0.05, 0.1) is 5.25 Å². The lowest BCUT2D eigenvalue weighted by atomic mass is 10.1. The van der Waals surface area contributed by atoms with Gasteiger partial charge in [-0.1, -0.05) is 43.2 Å². The second-order valence-corrected chi connectivity index (χ2v) is 10.6. The van der Waals surface area contributed by atoms with E-state index in [1.54, 1.807) is 4.90 Å². The number of hydrogen-bond acceptors (Lipinski definition) is 4. The van der Waals surface area contributed by atoms with E-state index >= 15 is 0 Å². The molecular formula is C21H28N2O4S. The van der Waals surface area contributed by atoms with Gasteiger partial charge in [-0.15, -0.1) is 0 Å². The standard InChI is InChI=1S/C21H28N2O4S/c24-20(15-28(26,27)17-8-4-5-9-17)22-10-12-23(13-11-22)21(25)19-14-18(19)16-6-2-1-3-7-16/h1-3,6-7,17-19H,4-5,8-15H2/t18-,19+/m0/s1. The van der Waals surface area contributed by atoms with Crippen LogP contribution in [0.2, 0.25) is 0 Å². The van der Waals surface area contributed by atoms with Crippen LogP contribution in [0, 0.1) is 5.92 Å². The van der Waals surface area contributed by atoms with Crippen LogP contribution in [0.25, 0.3) is 0 Å². The Labute approximate surface area is 166 Å². The summed E-state index contributed by atoms with van der Waals surface area (Å²) in [6, 6.07) is 10.1. The van der Waals surface area contributed by atoms with E-state index in [1.165, 1.54) is 5.56 Å². The molecule has 0 N–H and O–H groups in total. The summed E-state index contributed by atoms with van der Waals surface area (Å²) in [5, 5.41) is -0.343. The van der Waals surface area contributed by atoms with Crippen LogP contribution in [0.15, 0.2) is 30.3 Å². The molecule has 0 radical (unpaired) electrons. The molecule has 3 aliphatic rings. The molecule has 6 nitrogen and oxygen atoms in total. The van der Waals surface area contributed by atoms with Crippen molar-refractivity contribution in [2.75, 3.05) is 31.9 Å². The summed E-state index contributed by atoms with van der Waals surface area (Å²) in [5.41, 5.74) is 1.21. The first-order chi connectivity index (χ1) is 13.5. The smallest absolute Gasteiger partial charge is 0.237 e. The first-order valence-electron chi connectivity index (χ1n) is 10.3. The van der Waals surface area contributed by atoms with E-state index in [9.17, 15) is 18.0 Å². The van der Waals surface area contributed by atoms with E-state index in [2.05, 4.69) is 12.1 Å². The van der Waals surface area contributed by atoms with Gasteiger partial charge in [-0.25, -0.2) is 8.42 Å². The van der Waals surface area contributed by atoms with Gasteiger partial charge in [0, 0.05) is 32.1 Å². The molecule has 152 valence electrons. The largest absolute Gasteiger partial charge is 0.339 e. The van der Waals surface area contributed by atoms with Crippen LogP contribution in [0.5, 0.6) is 0 Å². The van der Waals surface area contributed by atoms with Gasteiger partial charge in [0.15, 0.2) is 9.84 Å². The molecule has 7 heteroatoms. The fourth-order valence-electron chi connectivity index (χ4n) is 4.58. The zero-order valence-electron chi connectivity index (χ0n) is 16.1. The molecule has 2 amide bonds. The molecule has 2 aliphatic carbocycles. The third-order valence-electron chi connectivity index (χ3n) is 6.41. The average Bonchev–Trinajstić information content (AvgIpc) is 3.30. The van der Waals surface area contributed by atoms with Gasteiger partial charge in [0.2, 0.25) is 11.8 Å². The summed E-state index contributed by atoms with van der Waals surface area (Å²) in [6.45, 7) is 1.83. The number of carbonyl (C=O) groups is 2. The van der Waals surface area contributed by atoms with Crippen molar-refractivity contribution in [3.8, 4) is 0 Å². The van der Waals surface area contributed by atoms with E-state index in [-0.39, 0.29) is 28.7 Å². The summed E-state index contributed by atoms with van der Waals surface area (Å²) >= 11 is 0. The minimum atomic E-state index is -3.35. The maximum Gasteiger partial charge on any atom is 0.237 e. The van der Waals surface area contributed by atoms with E-state index in [1.807, 2.05) is 23.1 Å². The van der Waals surface area contributed by atoms with E-state index in [0.717, 1.165) is 19.3 Å². The van der Waals surface area contributed by atoms with Gasteiger partial charge >= 0.3 is 0 Å². The van der Waals surface area contributed by atoms with Gasteiger partial charge in [-0.3, -0.25) is 9.59 Å². The van der Waals surface area contributed by atoms with Crippen molar-refractivity contribution in [2.24, 2.45) is 5.92 Å². The molecule has 1 aromatic carbocycles. The fraction of sp³-hybridized carbons (Fsp3) is 0.619. The second-order valence-electron chi connectivity index (χ2n) is 8.28. The van der Waals surface area contributed by atoms with Crippen molar-refractivity contribution in [2.45, 2.75) is 43.3 Å². The summed E-state index contributed by atoms with van der Waals surface area (Å²) in [6.07, 6.45) is 4.12. The second kappa shape index (κ2) is 7.85. The van der Waals surface area contributed by atoms with E-state index in [0.29, 0.717) is 44.9 Å². The van der Waals surface area contributed by atoms with Crippen LogP contribution in [-0.4, -0.2) is 67.2 Å². The van der Waals surface area contributed by atoms with E-state index in [4.69, 9.17) is 0 Å². The number of nitrogens with zero attached hydrogens (tertiary/aromatic N) is 2. The molecule has 2 atom stereocenters. The van der Waals surface area contributed by atoms with Crippen LogP contribution < -0.4 is 0 Å². The van der Waals surface area contributed by atoms with Crippen molar-refractivity contribution in [1.29, 1.82) is 0 Å². The molecule has 0 aromatic heterocycles. The Kier molecular flexibility index (Phi) is 5.45. The minimum absolute atomic E-state index is 0.0485. The molecule has 1 aliphatic heterocycles. The molecule has 0 spiro atoms. The molecule has 3 fully saturated rings. The zero-order chi connectivity index (χ0) is 19.7. The first kappa shape index (κ1) is 19.4. The normalized spacial score (nSPS) is 25.7. The quantitative estimate of drug-likeness (QED) is 0.750. The summed E-state index contributed by atoms with van der Waals surface area (Å²) in [4.78, 5) is 28.7. The molecule has 1 saturated heterocycles. The number of piperazine rings is 1. The Bertz CT molecular complexity index is 825. The van der Waals surface area contributed by atoms with Crippen molar-refractivity contribution >= 4 is 21.7 Å². The van der Waals surface area contributed by atoms with Crippen molar-refractivity contribution in [3.63, 3.8) is 0 Å². The molecule has 4 rings (SSSR count). The predicted octanol–water partition coefficient (Wildman–Crippen LogP) is 1.82. The van der Waals surface area contributed by atoms with Gasteiger partial charge in [0.1, 0.15) is 5.75 Å². The lowest BCUT2D eigenvalue weighted by molar-refractivity contribution is -0.139. The fourth-order valence-corrected chi connectivity index (χ4v) is 6.39. The molecule has 0 bridgehead atoms. The highest BCUT2D eigenvalue weighted by molar-refractivity contribution is 7.92. The van der Waals surface area contributed by atoms with Crippen LogP contribution >= 0.6 is 0 Å². The van der Waals surface area contributed by atoms with Crippen LogP contribution in [-0.2, 0) is 19.4 Å². The summed E-state index contributed by atoms with van der Waals surface area (Å²) in [5.74, 6) is -0.172. The van der Waals surface area contributed by atoms with Gasteiger partial charge < -0.3 is 9.80 Å². The Hall–Kier alpha value is -1.89. The first-order valence-corrected chi connectivity index (χ1v) is 12.0. The van der Waals surface area contributed by atoms with E-state index < -0.39 is 9.84 Å². The van der Waals surface area contributed by atoms with Crippen molar-refractivity contribution in [1.82, 2.24) is 9.80 Å². The highest BCUT2D eigenvalue weighted by atomic mass is 32.2. The van der Waals surface area contributed by atoms with Gasteiger partial charge in [-0.2, -0.15) is 0 Å². The Morgan fingerprint density at radius 1 is 0.929 bits per heavy atom. The topological polar surface area (TPSA) is 74.8 Å². The third kappa shape index (κ3) is 4.09. The third-order valence-corrected chi connectivity index (χ3v) is 8.55. The zero-order valence-corrected chi connectivity index (χ0v) is 16.9. The predicted molar refractivity (Wildman–Crippen MR) is 106 cm³/mol. The number of sulfone groups is 1. The van der Waals surface area contributed by atoms with Gasteiger partial charge in [0.25, 0.3) is 0 Å². The number of benzene rings is 1. The molecule has 2 saturated carbocycles. The Balaban J connectivity index is 1.26. The summed E-state index contributed by atoms with van der Waals surface area (Å²) in [7, 11) is -3.35. The maximum absolute atomic E-state index is 12.7.